The lowest BCUT2D eigenvalue weighted by atomic mass is 9.93. The molecule has 1 aliphatic heterocycles. The second-order valence-electron chi connectivity index (χ2n) is 8.07. The van der Waals surface area contributed by atoms with E-state index in [1.807, 2.05) is 19.9 Å². The van der Waals surface area contributed by atoms with Crippen LogP contribution in [0, 0.1) is 0 Å². The van der Waals surface area contributed by atoms with Gasteiger partial charge in [-0.1, -0.05) is 37.6 Å². The smallest absolute Gasteiger partial charge is 0.336 e. The molecule has 3 nitrogen and oxygen atoms in total. The van der Waals surface area contributed by atoms with Gasteiger partial charge in [0.05, 0.1) is 5.39 Å². The summed E-state index contributed by atoms with van der Waals surface area (Å²) < 4.78 is 13.4. The molecule has 2 aromatic carbocycles. The van der Waals surface area contributed by atoms with E-state index in [0.29, 0.717) is 5.58 Å². The molecule has 0 radical (unpaired) electrons. The predicted molar refractivity (Wildman–Crippen MR) is 121 cm³/mol. The van der Waals surface area contributed by atoms with Crippen LogP contribution < -0.4 is 10.4 Å². The Kier molecular flexibility index (Phi) is 4.14. The fourth-order valence-electron chi connectivity index (χ4n) is 4.02. The van der Waals surface area contributed by atoms with Crippen LogP contribution in [0.4, 0.5) is 0 Å². The zero-order valence-corrected chi connectivity index (χ0v) is 17.6. The Hall–Kier alpha value is -2.85. The van der Waals surface area contributed by atoms with Crippen molar-refractivity contribution in [3.63, 3.8) is 0 Å². The monoisotopic (exact) mass is 402 g/mol. The van der Waals surface area contributed by atoms with Crippen molar-refractivity contribution in [2.45, 2.75) is 39.2 Å². The largest absolute Gasteiger partial charge is 0.482 e. The third kappa shape index (κ3) is 3.08. The molecular formula is C25H22O3S. The van der Waals surface area contributed by atoms with Gasteiger partial charge in [0, 0.05) is 26.8 Å². The molecule has 146 valence electrons. The summed E-state index contributed by atoms with van der Waals surface area (Å²) >= 11 is 1.74. The van der Waals surface area contributed by atoms with Gasteiger partial charge in [-0.3, -0.25) is 0 Å². The first-order valence-corrected chi connectivity index (χ1v) is 10.8. The summed E-state index contributed by atoms with van der Waals surface area (Å²) in [6.45, 7) is 6.20. The van der Waals surface area contributed by atoms with Crippen LogP contribution in [0.15, 0.2) is 57.8 Å². The molecular weight excluding hydrogens is 380 g/mol. The zero-order chi connectivity index (χ0) is 20.2. The van der Waals surface area contributed by atoms with Crippen molar-refractivity contribution in [3.8, 4) is 16.2 Å². The van der Waals surface area contributed by atoms with Crippen molar-refractivity contribution >= 4 is 38.5 Å². The summed E-state index contributed by atoms with van der Waals surface area (Å²) in [7, 11) is 0. The molecule has 0 N–H and O–H groups in total. The molecule has 4 aromatic rings. The van der Waals surface area contributed by atoms with Gasteiger partial charge in [0.15, 0.2) is 0 Å². The van der Waals surface area contributed by atoms with E-state index in [9.17, 15) is 4.79 Å². The minimum Gasteiger partial charge on any atom is -0.482 e. The number of thiophene rings is 1. The molecule has 0 saturated carbocycles. The summed E-state index contributed by atoms with van der Waals surface area (Å²) in [4.78, 5) is 13.4. The van der Waals surface area contributed by atoms with Crippen LogP contribution in [0.25, 0.3) is 37.6 Å². The molecule has 29 heavy (non-hydrogen) atoms. The SMILES string of the molecule is CCCc1cc(=O)oc2cc(-c3cc4ccccc4s3)c3c(c12)OC(C)(C)C=C3. The fourth-order valence-corrected chi connectivity index (χ4v) is 5.12. The van der Waals surface area contributed by atoms with Gasteiger partial charge in [-0.15, -0.1) is 11.3 Å². The second kappa shape index (κ2) is 6.60. The van der Waals surface area contributed by atoms with Gasteiger partial charge in [0.25, 0.3) is 0 Å². The molecule has 0 spiro atoms. The van der Waals surface area contributed by atoms with E-state index < -0.39 is 5.60 Å². The molecule has 3 heterocycles. The molecule has 0 bridgehead atoms. The average Bonchev–Trinajstić information content (AvgIpc) is 3.10. The van der Waals surface area contributed by atoms with E-state index in [0.717, 1.165) is 45.5 Å². The molecule has 0 atom stereocenters. The standard InChI is InChI=1S/C25H22O3S/c1-4-7-16-13-22(26)27-19-14-18(21-12-15-8-5-6-9-20(15)29-21)17-10-11-25(2,3)28-24(17)23(16)19/h5-6,8-14H,4,7H2,1-3H3. The Morgan fingerprint density at radius 2 is 1.93 bits per heavy atom. The number of ether oxygens (including phenoxy) is 1. The van der Waals surface area contributed by atoms with Gasteiger partial charge in [-0.05, 0) is 55.5 Å². The highest BCUT2D eigenvalue weighted by molar-refractivity contribution is 7.22. The van der Waals surface area contributed by atoms with Crippen LogP contribution in [0.2, 0.25) is 0 Å². The molecule has 0 unspecified atom stereocenters. The van der Waals surface area contributed by atoms with E-state index in [1.165, 1.54) is 10.1 Å². The van der Waals surface area contributed by atoms with Crippen LogP contribution >= 0.6 is 11.3 Å². The van der Waals surface area contributed by atoms with E-state index in [2.05, 4.69) is 49.4 Å². The second-order valence-corrected chi connectivity index (χ2v) is 9.15. The quantitative estimate of drug-likeness (QED) is 0.353. The van der Waals surface area contributed by atoms with Crippen molar-refractivity contribution in [2.75, 3.05) is 0 Å². The van der Waals surface area contributed by atoms with Crippen molar-refractivity contribution in [1.29, 1.82) is 0 Å². The van der Waals surface area contributed by atoms with Crippen LogP contribution in [0.5, 0.6) is 5.75 Å². The van der Waals surface area contributed by atoms with E-state index in [4.69, 9.17) is 9.15 Å². The predicted octanol–water partition coefficient (Wildman–Crippen LogP) is 6.81. The number of fused-ring (bicyclic) bond motifs is 4. The van der Waals surface area contributed by atoms with Crippen molar-refractivity contribution < 1.29 is 9.15 Å². The maximum absolute atomic E-state index is 12.2. The minimum absolute atomic E-state index is 0.311. The Bertz CT molecular complexity index is 1300. The Balaban J connectivity index is 1.87. The maximum atomic E-state index is 12.2. The third-order valence-corrected chi connectivity index (χ3v) is 6.48. The first-order valence-electron chi connectivity index (χ1n) is 9.96. The number of hydrogen-bond acceptors (Lipinski definition) is 4. The van der Waals surface area contributed by atoms with Crippen molar-refractivity contribution in [2.24, 2.45) is 0 Å². The molecule has 0 saturated heterocycles. The Morgan fingerprint density at radius 1 is 1.10 bits per heavy atom. The highest BCUT2D eigenvalue weighted by atomic mass is 32.1. The number of rotatable bonds is 3. The number of benzene rings is 2. The van der Waals surface area contributed by atoms with Gasteiger partial charge in [0.2, 0.25) is 0 Å². The van der Waals surface area contributed by atoms with E-state index in [-0.39, 0.29) is 5.63 Å². The minimum atomic E-state index is -0.418. The Labute approximate surface area is 173 Å². The number of aryl methyl sites for hydroxylation is 1. The van der Waals surface area contributed by atoms with Gasteiger partial charge in [0.1, 0.15) is 16.9 Å². The highest BCUT2D eigenvalue weighted by Crippen LogP contribution is 2.46. The first-order chi connectivity index (χ1) is 13.9. The molecule has 0 amide bonds. The summed E-state index contributed by atoms with van der Waals surface area (Å²) in [6, 6.07) is 14.2. The van der Waals surface area contributed by atoms with Gasteiger partial charge in [-0.25, -0.2) is 4.79 Å². The summed E-state index contributed by atoms with van der Waals surface area (Å²) in [5.41, 5.74) is 2.95. The van der Waals surface area contributed by atoms with Crippen molar-refractivity contribution in [3.05, 3.63) is 70.1 Å². The van der Waals surface area contributed by atoms with E-state index >= 15 is 0 Å². The maximum Gasteiger partial charge on any atom is 0.336 e. The number of hydrogen-bond donors (Lipinski definition) is 0. The molecule has 4 heteroatoms. The summed E-state index contributed by atoms with van der Waals surface area (Å²) in [5, 5.41) is 2.13. The normalized spacial score (nSPS) is 14.9. The third-order valence-electron chi connectivity index (χ3n) is 5.33. The van der Waals surface area contributed by atoms with E-state index in [1.54, 1.807) is 17.4 Å². The molecule has 5 rings (SSSR count). The highest BCUT2D eigenvalue weighted by Gasteiger charge is 2.28. The van der Waals surface area contributed by atoms with Crippen LogP contribution in [0.1, 0.15) is 38.3 Å². The van der Waals surface area contributed by atoms with Gasteiger partial charge >= 0.3 is 5.63 Å². The fraction of sp³-hybridized carbons (Fsp3) is 0.240. The zero-order valence-electron chi connectivity index (χ0n) is 16.7. The topological polar surface area (TPSA) is 39.4 Å². The lowest BCUT2D eigenvalue weighted by Gasteiger charge is -2.30. The first kappa shape index (κ1) is 18.2. The van der Waals surface area contributed by atoms with Crippen LogP contribution in [0.3, 0.4) is 0 Å². The lowest BCUT2D eigenvalue weighted by molar-refractivity contribution is 0.161. The summed E-state index contributed by atoms with van der Waals surface area (Å²) in [6.07, 6.45) is 6.00. The van der Waals surface area contributed by atoms with Crippen LogP contribution in [-0.4, -0.2) is 5.60 Å². The Morgan fingerprint density at radius 3 is 2.72 bits per heavy atom. The summed E-state index contributed by atoms with van der Waals surface area (Å²) in [5.74, 6) is 0.814. The average molecular weight is 403 g/mol. The molecule has 2 aromatic heterocycles. The molecule has 1 aliphatic rings. The van der Waals surface area contributed by atoms with Gasteiger partial charge < -0.3 is 9.15 Å². The molecule has 0 fully saturated rings. The lowest BCUT2D eigenvalue weighted by Crippen LogP contribution is -2.28. The molecule has 0 aliphatic carbocycles. The van der Waals surface area contributed by atoms with Crippen molar-refractivity contribution in [1.82, 2.24) is 0 Å². The van der Waals surface area contributed by atoms with Crippen LogP contribution in [-0.2, 0) is 6.42 Å². The van der Waals surface area contributed by atoms with Gasteiger partial charge in [-0.2, -0.15) is 0 Å².